The fraction of sp³-hybridized carbons (Fsp3) is 1.00. The van der Waals surface area contributed by atoms with E-state index in [1.807, 2.05) is 0 Å². The Labute approximate surface area is 125 Å². The Hall–Kier alpha value is -0.0400. The summed E-state index contributed by atoms with van der Waals surface area (Å²) in [6.07, 6.45) is 16.8. The van der Waals surface area contributed by atoms with E-state index in [0.29, 0.717) is 0 Å². The minimum Gasteiger partial charge on any atom is -0.313 e. The largest absolute Gasteiger partial charge is 0.313 e. The van der Waals surface area contributed by atoms with E-state index in [2.05, 4.69) is 12.2 Å². The minimum absolute atomic E-state index is 0.722. The molecule has 1 heteroatoms. The van der Waals surface area contributed by atoms with Crippen molar-refractivity contribution in [3.05, 3.63) is 0 Å². The van der Waals surface area contributed by atoms with Gasteiger partial charge in [0.2, 0.25) is 0 Å². The molecule has 5 aliphatic carbocycles. The molecule has 0 amide bonds. The first-order valence-electron chi connectivity index (χ1n) is 9.51. The topological polar surface area (TPSA) is 12.0 Å². The van der Waals surface area contributed by atoms with Gasteiger partial charge in [-0.3, -0.25) is 0 Å². The van der Waals surface area contributed by atoms with E-state index in [1.165, 1.54) is 38.6 Å². The molecule has 4 bridgehead atoms. The highest BCUT2D eigenvalue weighted by Crippen LogP contribution is 2.62. The molecule has 1 nitrogen and oxygen atoms in total. The van der Waals surface area contributed by atoms with Crippen LogP contribution in [0.25, 0.3) is 0 Å². The van der Waals surface area contributed by atoms with Crippen LogP contribution in [0.15, 0.2) is 0 Å². The summed E-state index contributed by atoms with van der Waals surface area (Å²) >= 11 is 0. The van der Waals surface area contributed by atoms with E-state index < -0.39 is 0 Å². The zero-order chi connectivity index (χ0) is 13.6. The second-order valence-corrected chi connectivity index (χ2v) is 8.82. The molecule has 0 aromatic rings. The van der Waals surface area contributed by atoms with Crippen molar-refractivity contribution in [2.24, 2.45) is 29.1 Å². The lowest BCUT2D eigenvalue weighted by Gasteiger charge is -2.60. The molecule has 5 rings (SSSR count). The maximum atomic E-state index is 4.03. The van der Waals surface area contributed by atoms with Crippen molar-refractivity contribution in [3.63, 3.8) is 0 Å². The van der Waals surface area contributed by atoms with Gasteiger partial charge in [0.1, 0.15) is 0 Å². The van der Waals surface area contributed by atoms with Gasteiger partial charge in [-0.05, 0) is 87.0 Å². The average Bonchev–Trinajstić information content (AvgIpc) is 2.34. The summed E-state index contributed by atoms with van der Waals surface area (Å²) in [4.78, 5) is 0. The van der Waals surface area contributed by atoms with Crippen molar-refractivity contribution < 1.29 is 0 Å². The van der Waals surface area contributed by atoms with Crippen LogP contribution in [-0.4, -0.2) is 12.6 Å². The summed E-state index contributed by atoms with van der Waals surface area (Å²) in [5, 5.41) is 4.03. The van der Waals surface area contributed by atoms with Gasteiger partial charge in [0.05, 0.1) is 0 Å². The van der Waals surface area contributed by atoms with Crippen LogP contribution in [-0.2, 0) is 0 Å². The predicted molar refractivity (Wildman–Crippen MR) is 84.6 cm³/mol. The standard InChI is InChI=1S/C19H33N/c1-2-6-20-18(10-14-4-3-5-14)19-11-15-7-16(12-19)9-17(8-15)13-19/h14-18,20H,2-13H2,1H3. The Morgan fingerprint density at radius 1 is 1.00 bits per heavy atom. The molecule has 0 aliphatic heterocycles. The van der Waals surface area contributed by atoms with Crippen LogP contribution >= 0.6 is 0 Å². The van der Waals surface area contributed by atoms with Crippen molar-refractivity contribution in [1.82, 2.24) is 5.32 Å². The van der Waals surface area contributed by atoms with Crippen molar-refractivity contribution in [2.45, 2.75) is 83.6 Å². The molecule has 114 valence electrons. The van der Waals surface area contributed by atoms with Crippen LogP contribution in [0.3, 0.4) is 0 Å². The summed E-state index contributed by atoms with van der Waals surface area (Å²) in [5.74, 6) is 4.38. The Morgan fingerprint density at radius 3 is 2.05 bits per heavy atom. The Balaban J connectivity index is 1.51. The molecule has 1 unspecified atom stereocenters. The summed E-state index contributed by atoms with van der Waals surface area (Å²) in [5.41, 5.74) is 0.722. The van der Waals surface area contributed by atoms with Crippen LogP contribution < -0.4 is 5.32 Å². The third-order valence-electron chi connectivity index (χ3n) is 7.26. The molecule has 5 fully saturated rings. The zero-order valence-electron chi connectivity index (χ0n) is 13.4. The molecule has 0 aromatic carbocycles. The first-order chi connectivity index (χ1) is 9.77. The van der Waals surface area contributed by atoms with Crippen LogP contribution in [0, 0.1) is 29.1 Å². The highest BCUT2D eigenvalue weighted by atomic mass is 14.9. The molecule has 1 atom stereocenters. The second kappa shape index (κ2) is 5.30. The number of hydrogen-bond acceptors (Lipinski definition) is 1. The third-order valence-corrected chi connectivity index (χ3v) is 7.26. The SMILES string of the molecule is CCCNC(CC1CCC1)C12CC3CC(CC(C3)C1)C2. The zero-order valence-corrected chi connectivity index (χ0v) is 13.4. The second-order valence-electron chi connectivity index (χ2n) is 8.82. The van der Waals surface area contributed by atoms with Gasteiger partial charge in [-0.2, -0.15) is 0 Å². The quantitative estimate of drug-likeness (QED) is 0.737. The van der Waals surface area contributed by atoms with Crippen LogP contribution in [0.5, 0.6) is 0 Å². The average molecular weight is 275 g/mol. The van der Waals surface area contributed by atoms with Gasteiger partial charge in [-0.1, -0.05) is 26.2 Å². The molecule has 0 saturated heterocycles. The van der Waals surface area contributed by atoms with E-state index in [0.717, 1.165) is 35.1 Å². The molecular formula is C19H33N. The van der Waals surface area contributed by atoms with Gasteiger partial charge in [0.15, 0.2) is 0 Å². The van der Waals surface area contributed by atoms with Gasteiger partial charge >= 0.3 is 0 Å². The highest BCUT2D eigenvalue weighted by molar-refractivity contribution is 5.06. The monoisotopic (exact) mass is 275 g/mol. The molecule has 0 radical (unpaired) electrons. The fourth-order valence-electron chi connectivity index (χ4n) is 6.53. The van der Waals surface area contributed by atoms with Gasteiger partial charge in [0.25, 0.3) is 0 Å². The third kappa shape index (κ3) is 2.34. The lowest BCUT2D eigenvalue weighted by atomic mass is 9.47. The van der Waals surface area contributed by atoms with Gasteiger partial charge in [-0.15, -0.1) is 0 Å². The minimum atomic E-state index is 0.722. The number of rotatable bonds is 6. The molecule has 5 aliphatic rings. The molecule has 0 aromatic heterocycles. The van der Waals surface area contributed by atoms with Crippen molar-refractivity contribution >= 4 is 0 Å². The number of nitrogens with one attached hydrogen (secondary N) is 1. The summed E-state index contributed by atoms with van der Waals surface area (Å²) in [6.45, 7) is 3.58. The van der Waals surface area contributed by atoms with Crippen LogP contribution in [0.2, 0.25) is 0 Å². The molecule has 1 N–H and O–H groups in total. The van der Waals surface area contributed by atoms with E-state index in [4.69, 9.17) is 0 Å². The van der Waals surface area contributed by atoms with Crippen molar-refractivity contribution in [1.29, 1.82) is 0 Å². The molecule has 5 saturated carbocycles. The van der Waals surface area contributed by atoms with Gasteiger partial charge < -0.3 is 5.32 Å². The van der Waals surface area contributed by atoms with Crippen LogP contribution in [0.4, 0.5) is 0 Å². The molecule has 0 heterocycles. The van der Waals surface area contributed by atoms with Crippen molar-refractivity contribution in [3.8, 4) is 0 Å². The van der Waals surface area contributed by atoms with Crippen LogP contribution in [0.1, 0.15) is 77.6 Å². The normalized spacial score (nSPS) is 44.5. The number of hydrogen-bond donors (Lipinski definition) is 1. The van der Waals surface area contributed by atoms with Crippen molar-refractivity contribution in [2.75, 3.05) is 6.54 Å². The lowest BCUT2D eigenvalue weighted by molar-refractivity contribution is -0.0794. The predicted octanol–water partition coefficient (Wildman–Crippen LogP) is 4.76. The molecule has 0 spiro atoms. The van der Waals surface area contributed by atoms with E-state index in [-0.39, 0.29) is 0 Å². The van der Waals surface area contributed by atoms with E-state index in [9.17, 15) is 0 Å². The van der Waals surface area contributed by atoms with Gasteiger partial charge in [-0.25, -0.2) is 0 Å². The van der Waals surface area contributed by atoms with Gasteiger partial charge in [0, 0.05) is 6.04 Å². The molecule has 20 heavy (non-hydrogen) atoms. The highest BCUT2D eigenvalue weighted by Gasteiger charge is 2.54. The Kier molecular flexibility index (Phi) is 3.61. The summed E-state index contributed by atoms with van der Waals surface area (Å²) in [6, 6.07) is 0.862. The summed E-state index contributed by atoms with van der Waals surface area (Å²) in [7, 11) is 0. The lowest BCUT2D eigenvalue weighted by Crippen LogP contribution is -2.56. The molecular weight excluding hydrogens is 242 g/mol. The first-order valence-corrected chi connectivity index (χ1v) is 9.51. The van der Waals surface area contributed by atoms with E-state index in [1.54, 1.807) is 38.5 Å². The van der Waals surface area contributed by atoms with E-state index >= 15 is 0 Å². The summed E-state index contributed by atoms with van der Waals surface area (Å²) < 4.78 is 0. The first kappa shape index (κ1) is 13.6. The Morgan fingerprint density at radius 2 is 1.60 bits per heavy atom. The maximum absolute atomic E-state index is 4.03. The maximum Gasteiger partial charge on any atom is 0.0126 e. The fourth-order valence-corrected chi connectivity index (χ4v) is 6.53. The smallest absolute Gasteiger partial charge is 0.0126 e. The Bertz CT molecular complexity index is 308.